The third-order valence-electron chi connectivity index (χ3n) is 4.24. The molecule has 1 aliphatic rings. The molecule has 1 heterocycles. The zero-order valence-electron chi connectivity index (χ0n) is 13.8. The third-order valence-corrected chi connectivity index (χ3v) is 6.27. The Balaban J connectivity index is 2.36. The fourth-order valence-electron chi connectivity index (χ4n) is 2.86. The summed E-state index contributed by atoms with van der Waals surface area (Å²) in [6.45, 7) is 4.23. The molecule has 1 aromatic carbocycles. The molecule has 1 aromatic rings. The molecule has 0 aromatic heterocycles. The van der Waals surface area contributed by atoms with E-state index >= 15 is 0 Å². The maximum Gasteiger partial charge on any atom is 0.247 e. The van der Waals surface area contributed by atoms with Crippen LogP contribution >= 0.6 is 0 Å². The number of unbranched alkanes of at least 4 members (excludes halogenated alkanes) is 2. The van der Waals surface area contributed by atoms with Gasteiger partial charge in [0, 0.05) is 32.2 Å². The van der Waals surface area contributed by atoms with Crippen LogP contribution in [0.4, 0.5) is 0 Å². The van der Waals surface area contributed by atoms with Crippen molar-refractivity contribution < 1.29 is 18.6 Å². The number of piperazine rings is 1. The zero-order valence-corrected chi connectivity index (χ0v) is 14.6. The van der Waals surface area contributed by atoms with Crippen LogP contribution in [0.15, 0.2) is 17.0 Å². The van der Waals surface area contributed by atoms with Gasteiger partial charge in [-0.1, -0.05) is 19.8 Å². The van der Waals surface area contributed by atoms with Gasteiger partial charge < -0.3 is 15.1 Å². The van der Waals surface area contributed by atoms with Gasteiger partial charge in [-0.2, -0.15) is 4.31 Å². The van der Waals surface area contributed by atoms with Crippen LogP contribution < -0.4 is 0 Å². The predicted octanol–water partition coefficient (Wildman–Crippen LogP) is 1.77. The number of aryl methyl sites for hydroxylation is 1. The zero-order chi connectivity index (χ0) is 17.0. The lowest BCUT2D eigenvalue weighted by Gasteiger charge is -2.32. The van der Waals surface area contributed by atoms with Gasteiger partial charge in [-0.05, 0) is 31.5 Å². The summed E-state index contributed by atoms with van der Waals surface area (Å²) in [6.07, 6.45) is 3.35. The highest BCUT2D eigenvalue weighted by Crippen LogP contribution is 2.34. The van der Waals surface area contributed by atoms with Gasteiger partial charge in [-0.15, -0.1) is 0 Å². The van der Waals surface area contributed by atoms with Crippen molar-refractivity contribution in [1.29, 1.82) is 0 Å². The Morgan fingerprint density at radius 1 is 1.09 bits per heavy atom. The smallest absolute Gasteiger partial charge is 0.247 e. The van der Waals surface area contributed by atoms with Crippen molar-refractivity contribution in [2.45, 2.75) is 37.5 Å². The minimum absolute atomic E-state index is 0.0454. The Hall–Kier alpha value is -1.31. The summed E-state index contributed by atoms with van der Waals surface area (Å²) >= 11 is 0. The SMILES string of the molecule is CCCCCc1cc(O)cc(O)c1S(=O)(=O)N1CCN(C)CC1. The van der Waals surface area contributed by atoms with Gasteiger partial charge in [-0.3, -0.25) is 0 Å². The van der Waals surface area contributed by atoms with Gasteiger partial charge in [0.05, 0.1) is 0 Å². The van der Waals surface area contributed by atoms with Crippen LogP contribution in [-0.2, 0) is 16.4 Å². The van der Waals surface area contributed by atoms with Crippen LogP contribution in [0.25, 0.3) is 0 Å². The first kappa shape index (κ1) is 18.0. The Morgan fingerprint density at radius 3 is 2.35 bits per heavy atom. The van der Waals surface area contributed by atoms with Crippen LogP contribution in [0, 0.1) is 0 Å². The third kappa shape index (κ3) is 4.16. The number of aromatic hydroxyl groups is 2. The lowest BCUT2D eigenvalue weighted by Crippen LogP contribution is -2.47. The number of benzene rings is 1. The summed E-state index contributed by atoms with van der Waals surface area (Å²) in [5.41, 5.74) is 0.495. The Bertz CT molecular complexity index is 638. The molecule has 0 amide bonds. The first-order valence-electron chi connectivity index (χ1n) is 8.09. The molecule has 0 radical (unpaired) electrons. The second kappa shape index (κ2) is 7.51. The quantitative estimate of drug-likeness (QED) is 0.770. The molecule has 1 fully saturated rings. The molecule has 23 heavy (non-hydrogen) atoms. The molecule has 0 saturated carbocycles. The van der Waals surface area contributed by atoms with Gasteiger partial charge in [0.15, 0.2) is 0 Å². The summed E-state index contributed by atoms with van der Waals surface area (Å²) in [7, 11) is -1.80. The monoisotopic (exact) mass is 342 g/mol. The van der Waals surface area contributed by atoms with Crippen molar-refractivity contribution in [3.05, 3.63) is 17.7 Å². The minimum atomic E-state index is -3.76. The average molecular weight is 342 g/mol. The summed E-state index contributed by atoms with van der Waals surface area (Å²) in [6, 6.07) is 2.56. The second-order valence-electron chi connectivity index (χ2n) is 6.12. The number of nitrogens with zero attached hydrogens (tertiary/aromatic N) is 2. The summed E-state index contributed by atoms with van der Waals surface area (Å²) < 4.78 is 27.3. The summed E-state index contributed by atoms with van der Waals surface area (Å²) in [5.74, 6) is -0.471. The van der Waals surface area contributed by atoms with E-state index in [0.29, 0.717) is 38.2 Å². The molecule has 1 saturated heterocycles. The lowest BCUT2D eigenvalue weighted by molar-refractivity contribution is 0.222. The number of sulfonamides is 1. The van der Waals surface area contributed by atoms with E-state index in [1.807, 2.05) is 7.05 Å². The fourth-order valence-corrected chi connectivity index (χ4v) is 4.58. The number of hydrogen-bond donors (Lipinski definition) is 2. The van der Waals surface area contributed by atoms with Crippen molar-refractivity contribution in [3.8, 4) is 11.5 Å². The molecule has 0 spiro atoms. The maximum absolute atomic E-state index is 12.9. The number of phenols is 2. The molecular weight excluding hydrogens is 316 g/mol. The van der Waals surface area contributed by atoms with Crippen LogP contribution in [0.2, 0.25) is 0 Å². The first-order valence-corrected chi connectivity index (χ1v) is 9.53. The van der Waals surface area contributed by atoms with Crippen molar-refractivity contribution in [1.82, 2.24) is 9.21 Å². The lowest BCUT2D eigenvalue weighted by atomic mass is 10.1. The largest absolute Gasteiger partial charge is 0.508 e. The van der Waals surface area contributed by atoms with Crippen LogP contribution in [0.3, 0.4) is 0 Å². The molecule has 0 unspecified atom stereocenters. The Morgan fingerprint density at radius 2 is 1.74 bits per heavy atom. The van der Waals surface area contributed by atoms with Gasteiger partial charge in [-0.25, -0.2) is 8.42 Å². The highest BCUT2D eigenvalue weighted by molar-refractivity contribution is 7.89. The van der Waals surface area contributed by atoms with E-state index in [0.717, 1.165) is 25.3 Å². The second-order valence-corrected chi connectivity index (χ2v) is 7.99. The summed E-state index contributed by atoms with van der Waals surface area (Å²) in [4.78, 5) is 2.03. The fraction of sp³-hybridized carbons (Fsp3) is 0.625. The molecule has 2 rings (SSSR count). The predicted molar refractivity (Wildman–Crippen MR) is 89.3 cm³/mol. The molecule has 1 aliphatic heterocycles. The minimum Gasteiger partial charge on any atom is -0.508 e. The van der Waals surface area contributed by atoms with Crippen molar-refractivity contribution in [3.63, 3.8) is 0 Å². The number of likely N-dealkylation sites (N-methyl/N-ethyl adjacent to an activating group) is 1. The average Bonchev–Trinajstić information content (AvgIpc) is 2.47. The highest BCUT2D eigenvalue weighted by Gasteiger charge is 2.32. The van der Waals surface area contributed by atoms with E-state index in [1.165, 1.54) is 10.4 Å². The number of hydrogen-bond acceptors (Lipinski definition) is 5. The van der Waals surface area contributed by atoms with Gasteiger partial charge in [0.2, 0.25) is 10.0 Å². The number of rotatable bonds is 6. The topological polar surface area (TPSA) is 81.1 Å². The van der Waals surface area contributed by atoms with E-state index in [1.54, 1.807) is 0 Å². The molecular formula is C16H26N2O4S. The van der Waals surface area contributed by atoms with E-state index in [2.05, 4.69) is 11.8 Å². The van der Waals surface area contributed by atoms with Crippen LogP contribution in [0.5, 0.6) is 11.5 Å². The molecule has 0 atom stereocenters. The first-order chi connectivity index (χ1) is 10.9. The van der Waals surface area contributed by atoms with Crippen LogP contribution in [-0.4, -0.2) is 61.1 Å². The van der Waals surface area contributed by atoms with Crippen LogP contribution in [0.1, 0.15) is 31.7 Å². The van der Waals surface area contributed by atoms with Crippen molar-refractivity contribution >= 4 is 10.0 Å². The molecule has 0 bridgehead atoms. The Labute approximate surface area is 138 Å². The molecule has 0 aliphatic carbocycles. The van der Waals surface area contributed by atoms with E-state index in [-0.39, 0.29) is 16.4 Å². The normalized spacial score (nSPS) is 17.5. The van der Waals surface area contributed by atoms with Crippen molar-refractivity contribution in [2.75, 3.05) is 33.2 Å². The summed E-state index contributed by atoms with van der Waals surface area (Å²) in [5, 5.41) is 19.9. The molecule has 6 nitrogen and oxygen atoms in total. The Kier molecular flexibility index (Phi) is 5.89. The van der Waals surface area contributed by atoms with E-state index < -0.39 is 10.0 Å². The molecule has 130 valence electrons. The molecule has 7 heteroatoms. The van der Waals surface area contributed by atoms with Gasteiger partial charge in [0.1, 0.15) is 16.4 Å². The molecule has 2 N–H and O–H groups in total. The number of phenolic OH excluding ortho intramolecular Hbond substituents is 2. The standard InChI is InChI=1S/C16H26N2O4S/c1-3-4-5-6-13-11-14(19)12-15(20)16(13)23(21,22)18-9-7-17(2)8-10-18/h11-12,19-20H,3-10H2,1-2H3. The van der Waals surface area contributed by atoms with Crippen molar-refractivity contribution in [2.24, 2.45) is 0 Å². The van der Waals surface area contributed by atoms with E-state index in [9.17, 15) is 18.6 Å². The van der Waals surface area contributed by atoms with E-state index in [4.69, 9.17) is 0 Å². The highest BCUT2D eigenvalue weighted by atomic mass is 32.2. The maximum atomic E-state index is 12.9. The van der Waals surface area contributed by atoms with Gasteiger partial charge >= 0.3 is 0 Å². The van der Waals surface area contributed by atoms with Gasteiger partial charge in [0.25, 0.3) is 0 Å².